The Morgan fingerprint density at radius 3 is 2.53 bits per heavy atom. The van der Waals surface area contributed by atoms with Gasteiger partial charge in [-0.1, -0.05) is 11.8 Å². The predicted molar refractivity (Wildman–Crippen MR) is 76.8 cm³/mol. The standard InChI is InChI=1S/C15H24O3S/c1-9(16)19-8-13-10-5-6-11(13)12(7-10)14(17)18-15(2,3)4/h10-13H,5-8H2,1-4H3. The Balaban J connectivity index is 1.95. The van der Waals surface area contributed by atoms with Gasteiger partial charge in [-0.25, -0.2) is 0 Å². The van der Waals surface area contributed by atoms with Crippen LogP contribution in [0.2, 0.25) is 0 Å². The number of ether oxygens (including phenoxy) is 1. The summed E-state index contributed by atoms with van der Waals surface area (Å²) in [5.41, 5.74) is -0.400. The first-order valence-corrected chi connectivity index (χ1v) is 8.12. The number of hydrogen-bond acceptors (Lipinski definition) is 4. The van der Waals surface area contributed by atoms with Crippen LogP contribution in [-0.4, -0.2) is 22.4 Å². The Labute approximate surface area is 119 Å². The molecule has 4 unspecified atom stereocenters. The predicted octanol–water partition coefficient (Wildman–Crippen LogP) is 3.27. The van der Waals surface area contributed by atoms with Crippen LogP contribution in [0.5, 0.6) is 0 Å². The first kappa shape index (κ1) is 14.9. The lowest BCUT2D eigenvalue weighted by Gasteiger charge is -2.26. The molecule has 4 atom stereocenters. The molecule has 0 radical (unpaired) electrons. The normalized spacial score (nSPS) is 33.5. The number of hydrogen-bond donors (Lipinski definition) is 0. The highest BCUT2D eigenvalue weighted by atomic mass is 32.2. The zero-order valence-electron chi connectivity index (χ0n) is 12.3. The molecule has 0 aliphatic heterocycles. The first-order valence-electron chi connectivity index (χ1n) is 7.14. The van der Waals surface area contributed by atoms with Gasteiger partial charge in [0.25, 0.3) is 0 Å². The molecule has 19 heavy (non-hydrogen) atoms. The smallest absolute Gasteiger partial charge is 0.309 e. The molecule has 2 saturated carbocycles. The van der Waals surface area contributed by atoms with Gasteiger partial charge in [0.15, 0.2) is 5.12 Å². The van der Waals surface area contributed by atoms with Crippen molar-refractivity contribution in [2.24, 2.45) is 23.7 Å². The molecule has 0 spiro atoms. The minimum Gasteiger partial charge on any atom is -0.460 e. The van der Waals surface area contributed by atoms with Crippen LogP contribution < -0.4 is 0 Å². The minimum atomic E-state index is -0.400. The van der Waals surface area contributed by atoms with Crippen molar-refractivity contribution in [2.45, 2.75) is 52.6 Å². The SMILES string of the molecule is CC(=O)SCC1C2CCC1C(C(=O)OC(C)(C)C)C2. The third kappa shape index (κ3) is 3.53. The molecule has 2 rings (SSSR count). The molecule has 0 saturated heterocycles. The molecule has 0 heterocycles. The van der Waals surface area contributed by atoms with Gasteiger partial charge >= 0.3 is 5.97 Å². The summed E-state index contributed by atoms with van der Waals surface area (Å²) >= 11 is 1.41. The van der Waals surface area contributed by atoms with E-state index in [-0.39, 0.29) is 17.0 Å². The Morgan fingerprint density at radius 1 is 1.26 bits per heavy atom. The van der Waals surface area contributed by atoms with Crippen molar-refractivity contribution >= 4 is 22.8 Å². The molecule has 3 nitrogen and oxygen atoms in total. The van der Waals surface area contributed by atoms with Gasteiger partial charge in [-0.2, -0.15) is 0 Å². The quantitative estimate of drug-likeness (QED) is 0.746. The second kappa shape index (κ2) is 5.47. The van der Waals surface area contributed by atoms with E-state index in [0.717, 1.165) is 18.6 Å². The largest absolute Gasteiger partial charge is 0.460 e. The second-order valence-electron chi connectivity index (χ2n) is 6.84. The van der Waals surface area contributed by atoms with Crippen molar-refractivity contribution in [1.29, 1.82) is 0 Å². The summed E-state index contributed by atoms with van der Waals surface area (Å²) in [6.45, 7) is 7.37. The molecule has 2 bridgehead atoms. The van der Waals surface area contributed by atoms with Gasteiger partial charge in [0.1, 0.15) is 5.60 Å². The van der Waals surface area contributed by atoms with Crippen LogP contribution in [0.3, 0.4) is 0 Å². The van der Waals surface area contributed by atoms with Gasteiger partial charge < -0.3 is 4.74 Å². The summed E-state index contributed by atoms with van der Waals surface area (Å²) in [6, 6.07) is 0. The van der Waals surface area contributed by atoms with E-state index in [2.05, 4.69) is 0 Å². The van der Waals surface area contributed by atoms with Crippen LogP contribution >= 0.6 is 11.8 Å². The van der Waals surface area contributed by atoms with Crippen LogP contribution in [0.4, 0.5) is 0 Å². The van der Waals surface area contributed by atoms with Crippen molar-refractivity contribution in [2.75, 3.05) is 5.75 Å². The summed E-state index contributed by atoms with van der Waals surface area (Å²) in [5, 5.41) is 0.181. The third-order valence-corrected chi connectivity index (χ3v) is 5.25. The topological polar surface area (TPSA) is 43.4 Å². The molecule has 108 valence electrons. The fourth-order valence-electron chi connectivity index (χ4n) is 3.60. The molecule has 4 heteroatoms. The van der Waals surface area contributed by atoms with Gasteiger partial charge in [0.2, 0.25) is 0 Å². The van der Waals surface area contributed by atoms with E-state index in [1.165, 1.54) is 18.2 Å². The molecule has 0 amide bonds. The zero-order valence-corrected chi connectivity index (χ0v) is 13.1. The summed E-state index contributed by atoms with van der Waals surface area (Å²) in [5.74, 6) is 2.50. The molecule has 0 aromatic rings. The fraction of sp³-hybridized carbons (Fsp3) is 0.867. The maximum Gasteiger partial charge on any atom is 0.309 e. The fourth-order valence-corrected chi connectivity index (χ4v) is 4.55. The van der Waals surface area contributed by atoms with E-state index in [1.807, 2.05) is 20.8 Å². The average molecular weight is 284 g/mol. The van der Waals surface area contributed by atoms with Crippen molar-refractivity contribution in [3.8, 4) is 0 Å². The van der Waals surface area contributed by atoms with Crippen molar-refractivity contribution in [3.05, 3.63) is 0 Å². The highest BCUT2D eigenvalue weighted by Crippen LogP contribution is 2.54. The molecule has 0 aromatic carbocycles. The van der Waals surface area contributed by atoms with Gasteiger partial charge in [0, 0.05) is 12.7 Å². The van der Waals surface area contributed by atoms with Crippen molar-refractivity contribution < 1.29 is 14.3 Å². The molecule has 2 fully saturated rings. The Bertz CT molecular complexity index is 372. The minimum absolute atomic E-state index is 0.0301. The Hall–Kier alpha value is -0.510. The monoisotopic (exact) mass is 284 g/mol. The van der Waals surface area contributed by atoms with Crippen LogP contribution in [0.15, 0.2) is 0 Å². The molecule has 0 aromatic heterocycles. The summed E-state index contributed by atoms with van der Waals surface area (Å²) < 4.78 is 5.54. The number of carbonyl (C=O) groups is 2. The van der Waals surface area contributed by atoms with Gasteiger partial charge in [-0.3, -0.25) is 9.59 Å². The maximum atomic E-state index is 12.2. The summed E-state index contributed by atoms with van der Waals surface area (Å²) in [6.07, 6.45) is 3.30. The van der Waals surface area contributed by atoms with Crippen LogP contribution in [0.1, 0.15) is 47.0 Å². The van der Waals surface area contributed by atoms with E-state index in [4.69, 9.17) is 4.74 Å². The Kier molecular flexibility index (Phi) is 4.29. The van der Waals surface area contributed by atoms with E-state index >= 15 is 0 Å². The summed E-state index contributed by atoms with van der Waals surface area (Å²) in [7, 11) is 0. The first-order chi connectivity index (χ1) is 8.78. The number of fused-ring (bicyclic) bond motifs is 2. The van der Waals surface area contributed by atoms with Gasteiger partial charge in [-0.05, 0) is 57.8 Å². The van der Waals surface area contributed by atoms with E-state index < -0.39 is 5.60 Å². The lowest BCUT2D eigenvalue weighted by atomic mass is 9.88. The molecular weight excluding hydrogens is 260 g/mol. The molecule has 2 aliphatic rings. The Morgan fingerprint density at radius 2 is 1.95 bits per heavy atom. The lowest BCUT2D eigenvalue weighted by Crippen LogP contribution is -2.31. The highest BCUT2D eigenvalue weighted by molar-refractivity contribution is 8.13. The lowest BCUT2D eigenvalue weighted by molar-refractivity contribution is -0.162. The van der Waals surface area contributed by atoms with E-state index in [9.17, 15) is 9.59 Å². The van der Waals surface area contributed by atoms with Crippen LogP contribution in [0, 0.1) is 23.7 Å². The van der Waals surface area contributed by atoms with Crippen LogP contribution in [0.25, 0.3) is 0 Å². The van der Waals surface area contributed by atoms with E-state index in [0.29, 0.717) is 17.8 Å². The van der Waals surface area contributed by atoms with Crippen molar-refractivity contribution in [1.82, 2.24) is 0 Å². The number of esters is 1. The van der Waals surface area contributed by atoms with E-state index in [1.54, 1.807) is 6.92 Å². The van der Waals surface area contributed by atoms with Gasteiger partial charge in [0.05, 0.1) is 5.92 Å². The number of rotatable bonds is 3. The molecular formula is C15H24O3S. The number of carbonyl (C=O) groups excluding carboxylic acids is 2. The highest BCUT2D eigenvalue weighted by Gasteiger charge is 2.51. The average Bonchev–Trinajstić information content (AvgIpc) is 2.80. The van der Waals surface area contributed by atoms with Crippen molar-refractivity contribution in [3.63, 3.8) is 0 Å². The van der Waals surface area contributed by atoms with Crippen LogP contribution in [-0.2, 0) is 14.3 Å². The maximum absolute atomic E-state index is 12.2. The summed E-state index contributed by atoms with van der Waals surface area (Å²) in [4.78, 5) is 23.3. The molecule has 0 N–H and O–H groups in total. The zero-order chi connectivity index (χ0) is 14.2. The molecule has 2 aliphatic carbocycles. The third-order valence-electron chi connectivity index (χ3n) is 4.29. The number of thioether (sulfide) groups is 1. The second-order valence-corrected chi connectivity index (χ2v) is 8.04. The van der Waals surface area contributed by atoms with Gasteiger partial charge in [-0.15, -0.1) is 0 Å².